The lowest BCUT2D eigenvalue weighted by Gasteiger charge is -2.25. The Morgan fingerprint density at radius 1 is 1.35 bits per heavy atom. The van der Waals surface area contributed by atoms with Crippen molar-refractivity contribution in [2.75, 3.05) is 7.05 Å². The SMILES string of the molecule is Cc1nn(C)c(Cl)c1CN[C@@H]1CC(=O)N(C)[C@H]1c1ccnn1C. The number of carbonyl (C=O) groups is 1. The van der Waals surface area contributed by atoms with E-state index in [2.05, 4.69) is 15.5 Å². The van der Waals surface area contributed by atoms with E-state index in [0.717, 1.165) is 17.0 Å². The summed E-state index contributed by atoms with van der Waals surface area (Å²) in [6.07, 6.45) is 2.22. The Bertz CT molecular complexity index is 736. The Hall–Kier alpha value is -1.86. The summed E-state index contributed by atoms with van der Waals surface area (Å²) < 4.78 is 3.48. The Morgan fingerprint density at radius 2 is 2.09 bits per heavy atom. The van der Waals surface area contributed by atoms with Gasteiger partial charge in [0.15, 0.2) is 0 Å². The zero-order valence-corrected chi connectivity index (χ0v) is 14.5. The molecule has 3 heterocycles. The highest BCUT2D eigenvalue weighted by Crippen LogP contribution is 2.32. The summed E-state index contributed by atoms with van der Waals surface area (Å²) in [5.41, 5.74) is 2.89. The van der Waals surface area contributed by atoms with Crippen LogP contribution < -0.4 is 5.32 Å². The Balaban J connectivity index is 1.81. The predicted octanol–water partition coefficient (Wildman–Crippen LogP) is 1.18. The van der Waals surface area contributed by atoms with E-state index in [4.69, 9.17) is 11.6 Å². The number of nitrogens with zero attached hydrogens (tertiary/aromatic N) is 5. The third-order valence-corrected chi connectivity index (χ3v) is 5.03. The van der Waals surface area contributed by atoms with Gasteiger partial charge in [0.2, 0.25) is 5.91 Å². The van der Waals surface area contributed by atoms with Gasteiger partial charge >= 0.3 is 0 Å². The van der Waals surface area contributed by atoms with Crippen molar-refractivity contribution in [3.05, 3.63) is 34.4 Å². The van der Waals surface area contributed by atoms with Crippen LogP contribution in [0.4, 0.5) is 0 Å². The molecule has 0 spiro atoms. The first-order valence-corrected chi connectivity index (χ1v) is 7.93. The molecule has 2 aromatic heterocycles. The molecule has 7 nitrogen and oxygen atoms in total. The van der Waals surface area contributed by atoms with Crippen LogP contribution in [0.2, 0.25) is 5.15 Å². The topological polar surface area (TPSA) is 68.0 Å². The van der Waals surface area contributed by atoms with E-state index >= 15 is 0 Å². The van der Waals surface area contributed by atoms with E-state index in [1.165, 1.54) is 0 Å². The quantitative estimate of drug-likeness (QED) is 0.910. The van der Waals surface area contributed by atoms with Gasteiger partial charge in [0, 0.05) is 51.9 Å². The molecule has 0 unspecified atom stereocenters. The number of aryl methyl sites for hydroxylation is 3. The second-order valence-electron chi connectivity index (χ2n) is 6.00. The largest absolute Gasteiger partial charge is 0.336 e. The molecule has 1 saturated heterocycles. The van der Waals surface area contributed by atoms with Crippen LogP contribution in [0, 0.1) is 6.92 Å². The maximum Gasteiger partial charge on any atom is 0.224 e. The lowest BCUT2D eigenvalue weighted by Crippen LogP contribution is -2.36. The van der Waals surface area contributed by atoms with Gasteiger partial charge in [-0.1, -0.05) is 11.6 Å². The van der Waals surface area contributed by atoms with E-state index in [1.54, 1.807) is 15.8 Å². The summed E-state index contributed by atoms with van der Waals surface area (Å²) in [5, 5.41) is 12.7. The highest BCUT2D eigenvalue weighted by Gasteiger charge is 2.39. The van der Waals surface area contributed by atoms with Crippen molar-refractivity contribution in [3.8, 4) is 0 Å². The fourth-order valence-corrected chi connectivity index (χ4v) is 3.48. The number of nitrogens with one attached hydrogen (secondary N) is 1. The van der Waals surface area contributed by atoms with Crippen LogP contribution >= 0.6 is 11.6 Å². The van der Waals surface area contributed by atoms with Crippen molar-refractivity contribution in [1.82, 2.24) is 29.8 Å². The molecule has 1 aliphatic heterocycles. The summed E-state index contributed by atoms with van der Waals surface area (Å²) in [6.45, 7) is 2.52. The third-order valence-electron chi connectivity index (χ3n) is 4.56. The Labute approximate surface area is 140 Å². The molecular weight excluding hydrogens is 316 g/mol. The first kappa shape index (κ1) is 16.0. The molecule has 2 aromatic rings. The maximum atomic E-state index is 12.2. The summed E-state index contributed by atoms with van der Waals surface area (Å²) in [7, 11) is 5.55. The fraction of sp³-hybridized carbons (Fsp3) is 0.533. The molecule has 1 aliphatic rings. The molecule has 0 aromatic carbocycles. The lowest BCUT2D eigenvalue weighted by atomic mass is 10.1. The number of rotatable bonds is 4. The summed E-state index contributed by atoms with van der Waals surface area (Å²) in [5.74, 6) is 0.128. The van der Waals surface area contributed by atoms with Crippen LogP contribution in [-0.4, -0.2) is 43.5 Å². The normalized spacial score (nSPS) is 21.4. The highest BCUT2D eigenvalue weighted by molar-refractivity contribution is 6.30. The molecule has 1 N–H and O–H groups in total. The third kappa shape index (κ3) is 2.74. The van der Waals surface area contributed by atoms with Gasteiger partial charge in [-0.2, -0.15) is 10.2 Å². The zero-order valence-electron chi connectivity index (χ0n) is 13.7. The molecule has 0 radical (unpaired) electrons. The van der Waals surface area contributed by atoms with E-state index in [-0.39, 0.29) is 18.0 Å². The van der Waals surface area contributed by atoms with Gasteiger partial charge in [-0.25, -0.2) is 0 Å². The predicted molar refractivity (Wildman–Crippen MR) is 86.9 cm³/mol. The van der Waals surface area contributed by atoms with Crippen molar-refractivity contribution in [2.24, 2.45) is 14.1 Å². The van der Waals surface area contributed by atoms with Crippen LogP contribution in [0.15, 0.2) is 12.3 Å². The minimum atomic E-state index is -0.0363. The summed E-state index contributed by atoms with van der Waals surface area (Å²) >= 11 is 6.29. The van der Waals surface area contributed by atoms with Gasteiger partial charge in [0.05, 0.1) is 17.4 Å². The number of carbonyl (C=O) groups excluding carboxylic acids is 1. The first-order chi connectivity index (χ1) is 10.9. The number of aromatic nitrogens is 4. The van der Waals surface area contributed by atoms with E-state index in [9.17, 15) is 4.79 Å². The number of likely N-dealkylation sites (N-methyl/N-ethyl adjacent to an activating group) is 1. The van der Waals surface area contributed by atoms with E-state index in [1.807, 2.05) is 38.8 Å². The van der Waals surface area contributed by atoms with Gasteiger partial charge in [0.1, 0.15) is 5.15 Å². The second-order valence-corrected chi connectivity index (χ2v) is 6.36. The molecule has 8 heteroatoms. The lowest BCUT2D eigenvalue weighted by molar-refractivity contribution is -0.127. The minimum absolute atomic E-state index is 0.0126. The first-order valence-electron chi connectivity index (χ1n) is 7.55. The van der Waals surface area contributed by atoms with E-state index in [0.29, 0.717) is 18.1 Å². The Kier molecular flexibility index (Phi) is 4.16. The average Bonchev–Trinajstić information content (AvgIpc) is 3.10. The summed E-state index contributed by atoms with van der Waals surface area (Å²) in [6, 6.07) is 1.93. The van der Waals surface area contributed by atoms with Crippen LogP contribution in [0.25, 0.3) is 0 Å². The molecular formula is C15H21ClN6O. The molecule has 0 aliphatic carbocycles. The molecule has 0 saturated carbocycles. The van der Waals surface area contributed by atoms with Crippen LogP contribution in [-0.2, 0) is 25.4 Å². The van der Waals surface area contributed by atoms with Gasteiger partial charge < -0.3 is 10.2 Å². The van der Waals surface area contributed by atoms with Gasteiger partial charge in [-0.3, -0.25) is 14.2 Å². The standard InChI is InChI=1S/C15H21ClN6O/c1-9-10(15(16)22(4)19-9)8-17-11-7-13(23)20(2)14(11)12-5-6-18-21(12)3/h5-6,11,14,17H,7-8H2,1-4H3/t11-,14-/m1/s1. The molecule has 1 fully saturated rings. The molecule has 124 valence electrons. The maximum absolute atomic E-state index is 12.2. The number of likely N-dealkylation sites (tertiary alicyclic amines) is 1. The zero-order chi connectivity index (χ0) is 16.7. The van der Waals surface area contributed by atoms with Crippen LogP contribution in [0.3, 0.4) is 0 Å². The average molecular weight is 337 g/mol. The highest BCUT2D eigenvalue weighted by atomic mass is 35.5. The van der Waals surface area contributed by atoms with Gasteiger partial charge in [-0.05, 0) is 13.0 Å². The number of halogens is 1. The molecule has 3 rings (SSSR count). The smallest absolute Gasteiger partial charge is 0.224 e. The van der Waals surface area contributed by atoms with Crippen molar-refractivity contribution in [3.63, 3.8) is 0 Å². The monoisotopic (exact) mass is 336 g/mol. The number of hydrogen-bond donors (Lipinski definition) is 1. The summed E-state index contributed by atoms with van der Waals surface area (Å²) in [4.78, 5) is 13.9. The van der Waals surface area contributed by atoms with Crippen molar-refractivity contribution < 1.29 is 4.79 Å². The number of amides is 1. The second kappa shape index (κ2) is 5.98. The molecule has 2 atom stereocenters. The van der Waals surface area contributed by atoms with E-state index < -0.39 is 0 Å². The van der Waals surface area contributed by atoms with Crippen LogP contribution in [0.5, 0.6) is 0 Å². The molecule has 23 heavy (non-hydrogen) atoms. The van der Waals surface area contributed by atoms with Gasteiger partial charge in [0.25, 0.3) is 0 Å². The van der Waals surface area contributed by atoms with Crippen molar-refractivity contribution in [1.29, 1.82) is 0 Å². The molecule has 1 amide bonds. The van der Waals surface area contributed by atoms with Crippen LogP contribution in [0.1, 0.15) is 29.4 Å². The molecule has 0 bridgehead atoms. The minimum Gasteiger partial charge on any atom is -0.336 e. The Morgan fingerprint density at radius 3 is 2.65 bits per heavy atom. The van der Waals surface area contributed by atoms with Crippen molar-refractivity contribution in [2.45, 2.75) is 32.0 Å². The van der Waals surface area contributed by atoms with Crippen molar-refractivity contribution >= 4 is 17.5 Å². The van der Waals surface area contributed by atoms with Gasteiger partial charge in [-0.15, -0.1) is 0 Å². The fourth-order valence-electron chi connectivity index (χ4n) is 3.24. The number of hydrogen-bond acceptors (Lipinski definition) is 4.